The monoisotopic (exact) mass is 871 g/mol. The Kier molecular flexibility index (Phi) is 10.3. The van der Waals surface area contributed by atoms with Crippen molar-refractivity contribution < 1.29 is 43.3 Å². The summed E-state index contributed by atoms with van der Waals surface area (Å²) in [6, 6.07) is 30.0. The summed E-state index contributed by atoms with van der Waals surface area (Å²) >= 11 is 12.8. The molecule has 5 aromatic rings. The van der Waals surface area contributed by atoms with Crippen LogP contribution in [0.25, 0.3) is 0 Å². The van der Waals surface area contributed by atoms with Gasteiger partial charge in [0, 0.05) is 22.1 Å². The van der Waals surface area contributed by atoms with Gasteiger partial charge in [0.05, 0.1) is 60.9 Å². The van der Waals surface area contributed by atoms with Crippen LogP contribution < -0.4 is 24.5 Å². The lowest BCUT2D eigenvalue weighted by Crippen LogP contribution is -2.53. The first-order valence-electron chi connectivity index (χ1n) is 19.9. The van der Waals surface area contributed by atoms with E-state index in [4.69, 9.17) is 37.4 Å². The summed E-state index contributed by atoms with van der Waals surface area (Å²) in [6.07, 6.45) is 2.11. The average molecular weight is 873 g/mol. The number of fused-ring (bicyclic) bond motifs is 4. The summed E-state index contributed by atoms with van der Waals surface area (Å²) in [4.78, 5) is 74.5. The van der Waals surface area contributed by atoms with E-state index >= 15 is 9.59 Å². The van der Waals surface area contributed by atoms with Crippen molar-refractivity contribution in [3.8, 4) is 23.0 Å². The predicted octanol–water partition coefficient (Wildman–Crippen LogP) is 8.15. The topological polar surface area (TPSA) is 152 Å². The van der Waals surface area contributed by atoms with Gasteiger partial charge in [-0.2, -0.15) is 5.01 Å². The lowest BCUT2D eigenvalue weighted by molar-refractivity contribution is -0.138. The van der Waals surface area contributed by atoms with Crippen molar-refractivity contribution in [2.45, 2.75) is 24.2 Å². The van der Waals surface area contributed by atoms with Crippen LogP contribution in [0.2, 0.25) is 10.0 Å². The van der Waals surface area contributed by atoms with Crippen LogP contribution in [-0.2, 0) is 24.6 Å². The fraction of sp³-hybridized carbons (Fsp3) is 0.229. The second-order valence-electron chi connectivity index (χ2n) is 15.7. The Balaban J connectivity index is 1.19. The van der Waals surface area contributed by atoms with E-state index in [2.05, 4.69) is 5.43 Å². The number of halogens is 2. The van der Waals surface area contributed by atoms with E-state index in [-0.39, 0.29) is 46.6 Å². The summed E-state index contributed by atoms with van der Waals surface area (Å²) in [5.74, 6) is -6.28. The van der Waals surface area contributed by atoms with Crippen molar-refractivity contribution in [3.05, 3.63) is 153 Å². The Hall–Kier alpha value is -6.63. The summed E-state index contributed by atoms with van der Waals surface area (Å²) in [5, 5.41) is 12.6. The minimum atomic E-state index is -1.66. The molecule has 62 heavy (non-hydrogen) atoms. The van der Waals surface area contributed by atoms with Crippen LogP contribution in [0, 0.1) is 23.7 Å². The van der Waals surface area contributed by atoms with Gasteiger partial charge in [0.2, 0.25) is 17.6 Å². The molecule has 4 aliphatic rings. The molecule has 2 heterocycles. The van der Waals surface area contributed by atoms with E-state index in [1.54, 1.807) is 97.1 Å². The summed E-state index contributed by atoms with van der Waals surface area (Å²) in [7, 11) is 4.30. The van der Waals surface area contributed by atoms with Gasteiger partial charge in [0.1, 0.15) is 5.75 Å². The van der Waals surface area contributed by atoms with Gasteiger partial charge >= 0.3 is 0 Å². The molecule has 6 unspecified atom stereocenters. The molecule has 12 nitrogen and oxygen atoms in total. The maximum absolute atomic E-state index is 15.6. The molecule has 3 fully saturated rings. The number of carbonyl (C=O) groups is 5. The fourth-order valence-electron chi connectivity index (χ4n) is 10.1. The number of benzene rings is 5. The molecule has 4 amide bonds. The molecule has 2 aliphatic carbocycles. The maximum Gasteiger partial charge on any atom is 0.260 e. The number of nitrogens with zero attached hydrogens (tertiary/aromatic N) is 2. The molecule has 14 heteroatoms. The van der Waals surface area contributed by atoms with Gasteiger partial charge < -0.3 is 19.3 Å². The highest BCUT2D eigenvalue weighted by Crippen LogP contribution is 2.65. The van der Waals surface area contributed by atoms with E-state index < -0.39 is 58.6 Å². The van der Waals surface area contributed by atoms with Gasteiger partial charge in [-0.15, -0.1) is 0 Å². The van der Waals surface area contributed by atoms with Crippen LogP contribution in [0.5, 0.6) is 23.0 Å². The molecule has 9 rings (SSSR count). The smallest absolute Gasteiger partial charge is 0.260 e. The molecule has 0 bridgehead atoms. The summed E-state index contributed by atoms with van der Waals surface area (Å²) in [6.45, 7) is 0. The number of phenolic OH excluding ortho intramolecular Hbond substituents is 1. The van der Waals surface area contributed by atoms with Gasteiger partial charge in [0.15, 0.2) is 17.3 Å². The normalized spacial score (nSPS) is 24.0. The Morgan fingerprint density at radius 3 is 2.05 bits per heavy atom. The molecule has 0 radical (unpaired) electrons. The minimum Gasteiger partial charge on any atom is -0.502 e. The highest BCUT2D eigenvalue weighted by molar-refractivity contribution is 6.36. The lowest BCUT2D eigenvalue weighted by Gasteiger charge is -2.50. The van der Waals surface area contributed by atoms with Crippen molar-refractivity contribution in [3.63, 3.8) is 0 Å². The molecule has 2 aliphatic heterocycles. The Labute approximate surface area is 366 Å². The Morgan fingerprint density at radius 1 is 0.758 bits per heavy atom. The van der Waals surface area contributed by atoms with E-state index in [0.717, 1.165) is 5.01 Å². The van der Waals surface area contributed by atoms with Crippen molar-refractivity contribution in [1.82, 2.24) is 5.01 Å². The van der Waals surface area contributed by atoms with Crippen molar-refractivity contribution >= 4 is 64.0 Å². The number of anilines is 2. The zero-order valence-electron chi connectivity index (χ0n) is 33.6. The molecule has 6 atom stereocenters. The first-order valence-corrected chi connectivity index (χ1v) is 20.7. The fourth-order valence-corrected chi connectivity index (χ4v) is 10.5. The summed E-state index contributed by atoms with van der Waals surface area (Å²) in [5.41, 5.74) is 4.43. The number of ether oxygens (including phenoxy) is 3. The zero-order chi connectivity index (χ0) is 43.6. The van der Waals surface area contributed by atoms with Crippen LogP contribution in [0.3, 0.4) is 0 Å². The summed E-state index contributed by atoms with van der Waals surface area (Å²) < 4.78 is 16.7. The number of hydrogen-bond donors (Lipinski definition) is 2. The van der Waals surface area contributed by atoms with E-state index in [0.29, 0.717) is 44.3 Å². The quantitative estimate of drug-likeness (QED) is 0.0800. The molecular formula is C48H39Cl2N3O9. The van der Waals surface area contributed by atoms with Gasteiger partial charge in [-0.25, -0.2) is 0 Å². The van der Waals surface area contributed by atoms with Gasteiger partial charge in [0.25, 0.3) is 11.8 Å². The van der Waals surface area contributed by atoms with Gasteiger partial charge in [-0.3, -0.25) is 34.3 Å². The van der Waals surface area contributed by atoms with E-state index in [1.807, 2.05) is 12.1 Å². The third-order valence-corrected chi connectivity index (χ3v) is 13.4. The number of allylic oxidation sites excluding steroid dienone is 2. The maximum atomic E-state index is 15.6. The third kappa shape index (κ3) is 6.22. The standard InChI is InChI=1S/C48H39Cl2N3O9/c1-60-31-16-11-28(12-17-31)48-35(45(57)53(47(48)59)51-37-20-13-29(49)23-36(37)50)24-34-32(41(48)27-21-38(61-2)43(55)39(22-27)62-3)18-19-33-40(34)46(58)52(44(33)56)30-14-9-26(10-15-30)42(54)25-7-5-4-6-8-25/h4-18,20-23,33-35,40-41,51,55H,19,24H2,1-3H3. The highest BCUT2D eigenvalue weighted by Gasteiger charge is 2.70. The molecule has 2 N–H and O–H groups in total. The first-order chi connectivity index (χ1) is 29.9. The molecular weight excluding hydrogens is 833 g/mol. The first kappa shape index (κ1) is 40.8. The Bertz CT molecular complexity index is 2680. The zero-order valence-corrected chi connectivity index (χ0v) is 35.1. The van der Waals surface area contributed by atoms with Crippen LogP contribution in [-0.4, -0.2) is 60.9 Å². The molecule has 5 aromatic carbocycles. The van der Waals surface area contributed by atoms with Crippen molar-refractivity contribution in [2.24, 2.45) is 23.7 Å². The van der Waals surface area contributed by atoms with Crippen LogP contribution >= 0.6 is 23.2 Å². The van der Waals surface area contributed by atoms with Crippen LogP contribution in [0.1, 0.15) is 45.8 Å². The van der Waals surface area contributed by atoms with E-state index in [9.17, 15) is 19.5 Å². The number of ketones is 1. The number of nitrogens with one attached hydrogen (secondary N) is 1. The van der Waals surface area contributed by atoms with Crippen LogP contribution in [0.4, 0.5) is 11.4 Å². The van der Waals surface area contributed by atoms with Crippen LogP contribution in [0.15, 0.2) is 121 Å². The molecule has 314 valence electrons. The highest BCUT2D eigenvalue weighted by atomic mass is 35.5. The number of hydrazine groups is 1. The number of amides is 4. The third-order valence-electron chi connectivity index (χ3n) is 12.8. The largest absolute Gasteiger partial charge is 0.502 e. The minimum absolute atomic E-state index is 0.0242. The van der Waals surface area contributed by atoms with Crippen molar-refractivity contribution in [1.29, 1.82) is 0 Å². The molecule has 0 aromatic heterocycles. The number of imide groups is 2. The molecule has 1 saturated carbocycles. The van der Waals surface area contributed by atoms with E-state index in [1.165, 1.54) is 32.3 Å². The second-order valence-corrected chi connectivity index (χ2v) is 16.6. The number of phenols is 1. The number of rotatable bonds is 10. The number of methoxy groups -OCH3 is 3. The Morgan fingerprint density at radius 2 is 1.42 bits per heavy atom. The second kappa shape index (κ2) is 15.7. The van der Waals surface area contributed by atoms with Gasteiger partial charge in [-0.05, 0) is 96.6 Å². The van der Waals surface area contributed by atoms with Gasteiger partial charge in [-0.1, -0.05) is 77.3 Å². The predicted molar refractivity (Wildman–Crippen MR) is 231 cm³/mol. The number of aromatic hydroxyl groups is 1. The lowest BCUT2D eigenvalue weighted by atomic mass is 9.49. The molecule has 0 spiro atoms. The average Bonchev–Trinajstić information content (AvgIpc) is 3.67. The number of hydrogen-bond acceptors (Lipinski definition) is 10. The van der Waals surface area contributed by atoms with Crippen molar-refractivity contribution in [2.75, 3.05) is 31.7 Å². The SMILES string of the molecule is COc1ccc(C23C(=O)N(Nc4ccc(Cl)cc4Cl)C(=O)C2CC2C(=CCC4C(=O)N(c5ccc(C(=O)c6ccccc6)cc5)C(=O)C42)C3c2cc(OC)c(O)c(OC)c2)cc1. The molecule has 2 saturated heterocycles. The number of carbonyl (C=O) groups excluding carboxylic acids is 5.